The summed E-state index contributed by atoms with van der Waals surface area (Å²) in [4.78, 5) is 18.7. The van der Waals surface area contributed by atoms with Gasteiger partial charge in [0, 0.05) is 31.9 Å². The van der Waals surface area contributed by atoms with E-state index in [-0.39, 0.29) is 11.9 Å². The first-order valence-electron chi connectivity index (χ1n) is 6.76. The number of benzene rings is 1. The molecule has 1 atom stereocenters. The van der Waals surface area contributed by atoms with E-state index >= 15 is 0 Å². The lowest BCUT2D eigenvalue weighted by Crippen LogP contribution is -2.40. The lowest BCUT2D eigenvalue weighted by Gasteiger charge is -2.24. The minimum absolute atomic E-state index is 0.00648. The second-order valence-electron chi connectivity index (χ2n) is 5.22. The number of aryl methyl sites for hydroxylation is 1. The van der Waals surface area contributed by atoms with Gasteiger partial charge >= 0.3 is 0 Å². The molecule has 1 unspecified atom stereocenters. The van der Waals surface area contributed by atoms with Crippen LogP contribution < -0.4 is 10.2 Å². The third kappa shape index (κ3) is 2.20. The minimum atomic E-state index is -0.00648. The van der Waals surface area contributed by atoms with E-state index in [0.29, 0.717) is 12.2 Å². The van der Waals surface area contributed by atoms with E-state index in [1.54, 1.807) is 17.1 Å². The molecule has 0 fully saturated rings. The van der Waals surface area contributed by atoms with Crippen LogP contribution in [0.25, 0.3) is 0 Å². The normalized spacial score (nSPS) is 18.5. The van der Waals surface area contributed by atoms with Crippen molar-refractivity contribution in [3.8, 4) is 0 Å². The summed E-state index contributed by atoms with van der Waals surface area (Å²) in [7, 11) is 1.84. The summed E-state index contributed by atoms with van der Waals surface area (Å²) in [5.41, 5.74) is 2.73. The molecular weight excluding hydrogens is 252 g/mol. The van der Waals surface area contributed by atoms with E-state index in [1.165, 1.54) is 0 Å². The number of carbonyl (C=O) groups is 1. The van der Waals surface area contributed by atoms with E-state index in [2.05, 4.69) is 23.3 Å². The summed E-state index contributed by atoms with van der Waals surface area (Å²) in [6.45, 7) is 3.53. The first-order valence-corrected chi connectivity index (χ1v) is 6.76. The van der Waals surface area contributed by atoms with Crippen LogP contribution in [-0.2, 0) is 13.6 Å². The number of amides is 1. The molecule has 0 saturated carbocycles. The predicted molar refractivity (Wildman–Crippen MR) is 77.6 cm³/mol. The molecule has 1 N–H and O–H groups in total. The number of anilines is 1. The highest BCUT2D eigenvalue weighted by molar-refractivity contribution is 6.05. The van der Waals surface area contributed by atoms with Gasteiger partial charge in [0.05, 0.1) is 12.5 Å². The van der Waals surface area contributed by atoms with Crippen molar-refractivity contribution in [2.45, 2.75) is 19.5 Å². The second-order valence-corrected chi connectivity index (χ2v) is 5.22. The van der Waals surface area contributed by atoms with Crippen molar-refractivity contribution in [1.29, 1.82) is 0 Å². The summed E-state index contributed by atoms with van der Waals surface area (Å²) in [5, 5.41) is 3.43. The molecule has 0 radical (unpaired) electrons. The van der Waals surface area contributed by atoms with Crippen LogP contribution in [0.5, 0.6) is 0 Å². The van der Waals surface area contributed by atoms with Crippen LogP contribution in [0, 0.1) is 0 Å². The Hall–Kier alpha value is -2.14. The van der Waals surface area contributed by atoms with Gasteiger partial charge in [0.1, 0.15) is 5.69 Å². The average Bonchev–Trinajstić information content (AvgIpc) is 2.80. The molecule has 3 rings (SSSR count). The van der Waals surface area contributed by atoms with Gasteiger partial charge in [0.25, 0.3) is 5.91 Å². The Kier molecular flexibility index (Phi) is 3.28. The van der Waals surface area contributed by atoms with Crippen molar-refractivity contribution >= 4 is 11.6 Å². The van der Waals surface area contributed by atoms with Crippen molar-refractivity contribution in [1.82, 2.24) is 14.9 Å². The summed E-state index contributed by atoms with van der Waals surface area (Å²) in [6.07, 6.45) is 3.27. The zero-order valence-corrected chi connectivity index (χ0v) is 11.7. The molecule has 0 aliphatic carbocycles. The second kappa shape index (κ2) is 5.09. The van der Waals surface area contributed by atoms with Crippen LogP contribution in [0.15, 0.2) is 36.8 Å². The van der Waals surface area contributed by atoms with Gasteiger partial charge in [-0.05, 0) is 18.6 Å². The monoisotopic (exact) mass is 270 g/mol. The lowest BCUT2D eigenvalue weighted by atomic mass is 10.1. The number of fused-ring (bicyclic) bond motifs is 1. The van der Waals surface area contributed by atoms with Crippen molar-refractivity contribution in [3.63, 3.8) is 0 Å². The molecule has 5 heteroatoms. The highest BCUT2D eigenvalue weighted by Gasteiger charge is 2.26. The molecule has 104 valence electrons. The van der Waals surface area contributed by atoms with Crippen molar-refractivity contribution in [3.05, 3.63) is 48.0 Å². The fourth-order valence-electron chi connectivity index (χ4n) is 2.54. The van der Waals surface area contributed by atoms with E-state index in [0.717, 1.165) is 17.8 Å². The number of para-hydroxylation sites is 1. The molecule has 1 aliphatic rings. The number of hydrogen-bond donors (Lipinski definition) is 1. The maximum Gasteiger partial charge on any atom is 0.276 e. The van der Waals surface area contributed by atoms with E-state index in [9.17, 15) is 4.79 Å². The summed E-state index contributed by atoms with van der Waals surface area (Å²) >= 11 is 0. The molecule has 0 saturated heterocycles. The number of rotatable bonds is 1. The van der Waals surface area contributed by atoms with Crippen molar-refractivity contribution in [2.75, 3.05) is 11.4 Å². The molecule has 1 aromatic heterocycles. The van der Waals surface area contributed by atoms with Gasteiger partial charge < -0.3 is 14.8 Å². The smallest absolute Gasteiger partial charge is 0.276 e. The Morgan fingerprint density at radius 2 is 2.20 bits per heavy atom. The Bertz CT molecular complexity index is 634. The third-order valence-corrected chi connectivity index (χ3v) is 3.66. The van der Waals surface area contributed by atoms with Gasteiger partial charge in [0.15, 0.2) is 0 Å². The summed E-state index contributed by atoms with van der Waals surface area (Å²) in [5.74, 6) is -0.00648. The first kappa shape index (κ1) is 12.9. The number of carbonyl (C=O) groups excluding carboxylic acids is 1. The highest BCUT2D eigenvalue weighted by atomic mass is 16.2. The van der Waals surface area contributed by atoms with Crippen LogP contribution in [0.2, 0.25) is 0 Å². The molecule has 2 heterocycles. The Morgan fingerprint density at radius 3 is 2.95 bits per heavy atom. The molecule has 0 bridgehead atoms. The zero-order valence-electron chi connectivity index (χ0n) is 11.7. The maximum absolute atomic E-state index is 12.8. The van der Waals surface area contributed by atoms with Crippen LogP contribution in [0.4, 0.5) is 5.69 Å². The van der Waals surface area contributed by atoms with Gasteiger partial charge in [-0.2, -0.15) is 0 Å². The van der Waals surface area contributed by atoms with Crippen LogP contribution in [0.1, 0.15) is 23.0 Å². The molecule has 2 aromatic rings. The molecule has 1 aromatic carbocycles. The van der Waals surface area contributed by atoms with Crippen LogP contribution >= 0.6 is 0 Å². The zero-order chi connectivity index (χ0) is 14.1. The molecule has 1 amide bonds. The molecular formula is C15H18N4O. The Labute approximate surface area is 118 Å². The third-order valence-electron chi connectivity index (χ3n) is 3.66. The fraction of sp³-hybridized carbons (Fsp3) is 0.333. The maximum atomic E-state index is 12.8. The standard InChI is InChI=1S/C15H18N4O/c1-11-9-19(15(20)14-8-16-10-18(14)2)13-6-4-3-5-12(13)7-17-11/h3-6,8,10-11,17H,7,9H2,1-2H3. The van der Waals surface area contributed by atoms with Gasteiger partial charge in [-0.1, -0.05) is 18.2 Å². The summed E-state index contributed by atoms with van der Waals surface area (Å²) < 4.78 is 1.76. The van der Waals surface area contributed by atoms with Gasteiger partial charge in [-0.25, -0.2) is 4.98 Å². The minimum Gasteiger partial charge on any atom is -0.330 e. The quantitative estimate of drug-likeness (QED) is 0.855. The fourth-order valence-corrected chi connectivity index (χ4v) is 2.54. The number of imidazole rings is 1. The van der Waals surface area contributed by atoms with Crippen LogP contribution in [-0.4, -0.2) is 28.0 Å². The molecule has 20 heavy (non-hydrogen) atoms. The van der Waals surface area contributed by atoms with E-state index in [4.69, 9.17) is 0 Å². The van der Waals surface area contributed by atoms with Crippen LogP contribution in [0.3, 0.4) is 0 Å². The Morgan fingerprint density at radius 1 is 1.40 bits per heavy atom. The van der Waals surface area contributed by atoms with Gasteiger partial charge in [-0.15, -0.1) is 0 Å². The summed E-state index contributed by atoms with van der Waals surface area (Å²) in [6, 6.07) is 8.29. The SMILES string of the molecule is CC1CN(C(=O)c2cncn2C)c2ccccc2CN1. The van der Waals surface area contributed by atoms with E-state index < -0.39 is 0 Å². The molecule has 0 spiro atoms. The highest BCUT2D eigenvalue weighted by Crippen LogP contribution is 2.24. The predicted octanol–water partition coefficient (Wildman–Crippen LogP) is 1.56. The number of nitrogens with one attached hydrogen (secondary N) is 1. The number of aromatic nitrogens is 2. The lowest BCUT2D eigenvalue weighted by molar-refractivity contribution is 0.0977. The number of nitrogens with zero attached hydrogens (tertiary/aromatic N) is 3. The van der Waals surface area contributed by atoms with Gasteiger partial charge in [0.2, 0.25) is 0 Å². The van der Waals surface area contributed by atoms with Crippen molar-refractivity contribution < 1.29 is 4.79 Å². The first-order chi connectivity index (χ1) is 9.66. The molecule has 1 aliphatic heterocycles. The Balaban J connectivity index is 2.03. The van der Waals surface area contributed by atoms with Gasteiger partial charge in [-0.3, -0.25) is 4.79 Å². The molecule has 5 nitrogen and oxygen atoms in total. The number of hydrogen-bond acceptors (Lipinski definition) is 3. The average molecular weight is 270 g/mol. The van der Waals surface area contributed by atoms with E-state index in [1.807, 2.05) is 30.1 Å². The topological polar surface area (TPSA) is 50.2 Å². The largest absolute Gasteiger partial charge is 0.330 e. The van der Waals surface area contributed by atoms with Crippen molar-refractivity contribution in [2.24, 2.45) is 7.05 Å².